The minimum atomic E-state index is -3.82. The van der Waals surface area contributed by atoms with Crippen molar-refractivity contribution >= 4 is 21.6 Å². The topological polar surface area (TPSA) is 66.5 Å². The number of likely N-dealkylation sites (tertiary alicyclic amines) is 1. The van der Waals surface area contributed by atoms with Crippen LogP contribution in [0.25, 0.3) is 5.57 Å². The van der Waals surface area contributed by atoms with Gasteiger partial charge in [-0.2, -0.15) is 0 Å². The lowest BCUT2D eigenvalue weighted by atomic mass is 10.0. The van der Waals surface area contributed by atoms with E-state index < -0.39 is 16.1 Å². The van der Waals surface area contributed by atoms with Crippen LogP contribution in [-0.2, 0) is 10.0 Å². The second kappa shape index (κ2) is 7.17. The van der Waals surface area contributed by atoms with Gasteiger partial charge in [-0.25, -0.2) is 17.9 Å². The molecule has 1 unspecified atom stereocenters. The van der Waals surface area contributed by atoms with Gasteiger partial charge < -0.3 is 4.90 Å². The summed E-state index contributed by atoms with van der Waals surface area (Å²) >= 11 is 0. The van der Waals surface area contributed by atoms with Gasteiger partial charge in [0.15, 0.2) is 0 Å². The summed E-state index contributed by atoms with van der Waals surface area (Å²) in [5.74, 6) is 0. The zero-order chi connectivity index (χ0) is 17.0. The Hall–Kier alpha value is -1.82. The molecule has 1 aliphatic rings. The van der Waals surface area contributed by atoms with E-state index in [1.54, 1.807) is 11.8 Å². The van der Waals surface area contributed by atoms with Crippen LogP contribution < -0.4 is 4.72 Å². The van der Waals surface area contributed by atoms with Gasteiger partial charge in [-0.3, -0.25) is 0 Å². The molecule has 1 heterocycles. The quantitative estimate of drug-likeness (QED) is 0.921. The standard InChI is InChI=1S/C17H24N2O3S/c1-13-7-6-9-16(11-13)14(2)12-23(21,22)18-17(20)19-10-5-4-8-15(19)3/h6-7,9,11-12,15H,4-5,8,10H2,1-3H3,(H,18,20)/b14-12+. The Bertz CT molecular complexity index is 710. The Morgan fingerprint density at radius 1 is 1.35 bits per heavy atom. The maximum Gasteiger partial charge on any atom is 0.331 e. The molecule has 0 bridgehead atoms. The average Bonchev–Trinajstić information content (AvgIpc) is 2.46. The number of nitrogens with one attached hydrogen (secondary N) is 1. The van der Waals surface area contributed by atoms with Crippen molar-refractivity contribution in [3.63, 3.8) is 0 Å². The van der Waals surface area contributed by atoms with Gasteiger partial charge >= 0.3 is 6.03 Å². The van der Waals surface area contributed by atoms with Gasteiger partial charge in [0.05, 0.1) is 5.41 Å². The van der Waals surface area contributed by atoms with Crippen LogP contribution in [0.3, 0.4) is 0 Å². The van der Waals surface area contributed by atoms with Crippen LogP contribution in [-0.4, -0.2) is 31.9 Å². The lowest BCUT2D eigenvalue weighted by molar-refractivity contribution is 0.163. The normalized spacial score (nSPS) is 19.5. The number of allylic oxidation sites excluding steroid dienone is 1. The maximum absolute atomic E-state index is 12.2. The highest BCUT2D eigenvalue weighted by molar-refractivity contribution is 7.93. The molecule has 1 aromatic rings. The first-order valence-electron chi connectivity index (χ1n) is 7.87. The summed E-state index contributed by atoms with van der Waals surface area (Å²) < 4.78 is 26.6. The molecule has 0 spiro atoms. The van der Waals surface area contributed by atoms with Crippen molar-refractivity contribution in [2.45, 2.75) is 46.1 Å². The molecule has 0 aliphatic carbocycles. The van der Waals surface area contributed by atoms with E-state index in [1.165, 1.54) is 0 Å². The summed E-state index contributed by atoms with van der Waals surface area (Å²) in [5, 5.41) is 1.12. The van der Waals surface area contributed by atoms with Crippen LogP contribution in [0.2, 0.25) is 0 Å². The number of aryl methyl sites for hydroxylation is 1. The smallest absolute Gasteiger partial charge is 0.321 e. The molecule has 1 aliphatic heterocycles. The third-order valence-corrected chi connectivity index (χ3v) is 5.22. The molecule has 5 nitrogen and oxygen atoms in total. The van der Waals surface area contributed by atoms with Crippen molar-refractivity contribution in [2.75, 3.05) is 6.54 Å². The van der Waals surface area contributed by atoms with Crippen LogP contribution in [0, 0.1) is 6.92 Å². The zero-order valence-electron chi connectivity index (χ0n) is 13.9. The molecule has 1 N–H and O–H groups in total. The van der Waals surface area contributed by atoms with E-state index in [2.05, 4.69) is 4.72 Å². The molecule has 2 amide bonds. The van der Waals surface area contributed by atoms with Gasteiger partial charge in [0.2, 0.25) is 0 Å². The van der Waals surface area contributed by atoms with E-state index in [0.717, 1.165) is 35.8 Å². The predicted octanol–water partition coefficient (Wildman–Crippen LogP) is 3.27. The van der Waals surface area contributed by atoms with Gasteiger partial charge in [0.1, 0.15) is 0 Å². The number of amides is 2. The summed E-state index contributed by atoms with van der Waals surface area (Å²) in [4.78, 5) is 13.8. The van der Waals surface area contributed by atoms with Crippen LogP contribution in [0.1, 0.15) is 44.2 Å². The molecular weight excluding hydrogens is 312 g/mol. The Kier molecular flexibility index (Phi) is 5.46. The van der Waals surface area contributed by atoms with Crippen LogP contribution >= 0.6 is 0 Å². The van der Waals surface area contributed by atoms with E-state index in [9.17, 15) is 13.2 Å². The Morgan fingerprint density at radius 3 is 2.74 bits per heavy atom. The Labute approximate surface area is 138 Å². The van der Waals surface area contributed by atoms with Crippen molar-refractivity contribution in [1.29, 1.82) is 0 Å². The minimum absolute atomic E-state index is 0.0702. The number of hydrogen-bond acceptors (Lipinski definition) is 3. The Morgan fingerprint density at radius 2 is 2.09 bits per heavy atom. The summed E-state index contributed by atoms with van der Waals surface area (Å²) in [7, 11) is -3.82. The fraction of sp³-hybridized carbons (Fsp3) is 0.471. The molecule has 1 aromatic carbocycles. The first kappa shape index (κ1) is 17.5. The van der Waals surface area contributed by atoms with Gasteiger partial charge in [-0.05, 0) is 51.2 Å². The number of rotatable bonds is 3. The van der Waals surface area contributed by atoms with Crippen molar-refractivity contribution in [3.05, 3.63) is 40.8 Å². The number of carbonyl (C=O) groups is 1. The fourth-order valence-electron chi connectivity index (χ4n) is 2.80. The lowest BCUT2D eigenvalue weighted by Crippen LogP contribution is -2.48. The van der Waals surface area contributed by atoms with E-state index in [4.69, 9.17) is 0 Å². The highest BCUT2D eigenvalue weighted by atomic mass is 32.2. The third-order valence-electron chi connectivity index (χ3n) is 4.10. The first-order chi connectivity index (χ1) is 10.8. The molecule has 0 saturated carbocycles. The molecule has 6 heteroatoms. The number of benzene rings is 1. The van der Waals surface area contributed by atoms with Crippen molar-refractivity contribution in [3.8, 4) is 0 Å². The predicted molar refractivity (Wildman–Crippen MR) is 92.3 cm³/mol. The number of piperidine rings is 1. The number of hydrogen-bond donors (Lipinski definition) is 1. The van der Waals surface area contributed by atoms with E-state index in [0.29, 0.717) is 12.1 Å². The number of urea groups is 1. The van der Waals surface area contributed by atoms with Crippen molar-refractivity contribution in [2.24, 2.45) is 0 Å². The highest BCUT2D eigenvalue weighted by Crippen LogP contribution is 2.18. The lowest BCUT2D eigenvalue weighted by Gasteiger charge is -2.32. The zero-order valence-corrected chi connectivity index (χ0v) is 14.7. The second-order valence-corrected chi connectivity index (χ2v) is 7.69. The third kappa shape index (κ3) is 4.82. The van der Waals surface area contributed by atoms with Crippen molar-refractivity contribution < 1.29 is 13.2 Å². The summed E-state index contributed by atoms with van der Waals surface area (Å²) in [6, 6.07) is 7.12. The van der Waals surface area contributed by atoms with Gasteiger partial charge in [-0.1, -0.05) is 29.8 Å². The molecule has 1 atom stereocenters. The van der Waals surface area contributed by atoms with Gasteiger partial charge in [0.25, 0.3) is 10.0 Å². The van der Waals surface area contributed by atoms with Crippen LogP contribution in [0.15, 0.2) is 29.7 Å². The van der Waals surface area contributed by atoms with E-state index in [-0.39, 0.29) is 6.04 Å². The minimum Gasteiger partial charge on any atom is -0.321 e. The molecule has 1 fully saturated rings. The molecule has 0 radical (unpaired) electrons. The van der Waals surface area contributed by atoms with E-state index in [1.807, 2.05) is 38.1 Å². The number of sulfonamides is 1. The largest absolute Gasteiger partial charge is 0.331 e. The van der Waals surface area contributed by atoms with Crippen LogP contribution in [0.5, 0.6) is 0 Å². The molecule has 0 aromatic heterocycles. The summed E-state index contributed by atoms with van der Waals surface area (Å²) in [6.07, 6.45) is 2.89. The second-order valence-electron chi connectivity index (χ2n) is 6.16. The molecule has 1 saturated heterocycles. The molecule has 2 rings (SSSR count). The Balaban J connectivity index is 2.12. The SMILES string of the molecule is C/C(=C\S(=O)(=O)NC(=O)N1CCCCC1C)c1cccc(C)c1. The number of carbonyl (C=O) groups excluding carboxylic acids is 1. The molecular formula is C17H24N2O3S. The van der Waals surface area contributed by atoms with Crippen LogP contribution in [0.4, 0.5) is 4.79 Å². The molecule has 23 heavy (non-hydrogen) atoms. The van der Waals surface area contributed by atoms with Gasteiger partial charge in [0, 0.05) is 12.6 Å². The van der Waals surface area contributed by atoms with Gasteiger partial charge in [-0.15, -0.1) is 0 Å². The highest BCUT2D eigenvalue weighted by Gasteiger charge is 2.25. The van der Waals surface area contributed by atoms with Crippen molar-refractivity contribution in [1.82, 2.24) is 9.62 Å². The monoisotopic (exact) mass is 336 g/mol. The number of nitrogens with zero attached hydrogens (tertiary/aromatic N) is 1. The fourth-order valence-corrected chi connectivity index (χ4v) is 3.82. The van der Waals surface area contributed by atoms with E-state index >= 15 is 0 Å². The average molecular weight is 336 g/mol. The summed E-state index contributed by atoms with van der Waals surface area (Å²) in [6.45, 7) is 6.22. The first-order valence-corrected chi connectivity index (χ1v) is 9.42. The maximum atomic E-state index is 12.2. The molecule has 126 valence electrons. The summed E-state index contributed by atoms with van der Waals surface area (Å²) in [5.41, 5.74) is 2.48.